The Bertz CT molecular complexity index is 323. The first-order valence-electron chi connectivity index (χ1n) is 5.20. The molecule has 1 aromatic rings. The lowest BCUT2D eigenvalue weighted by atomic mass is 10.0. The Hall–Kier alpha value is -0.930. The molecule has 0 saturated heterocycles. The summed E-state index contributed by atoms with van der Waals surface area (Å²) in [6.07, 6.45) is 1.81. The van der Waals surface area contributed by atoms with Crippen LogP contribution in [0.2, 0.25) is 0 Å². The van der Waals surface area contributed by atoms with E-state index >= 15 is 0 Å². The van der Waals surface area contributed by atoms with E-state index in [1.807, 2.05) is 33.2 Å². The largest absolute Gasteiger partial charge is 0.394 e. The van der Waals surface area contributed by atoms with Crippen molar-refractivity contribution in [3.63, 3.8) is 0 Å². The summed E-state index contributed by atoms with van der Waals surface area (Å²) in [5.41, 5.74) is 2.06. The molecule has 0 spiro atoms. The maximum absolute atomic E-state index is 9.25. The van der Waals surface area contributed by atoms with Crippen molar-refractivity contribution >= 4 is 0 Å². The fraction of sp³-hybridized carbons (Fsp3) is 0.583. The molecule has 3 nitrogen and oxygen atoms in total. The number of likely N-dealkylation sites (N-methyl/N-ethyl adjacent to an activating group) is 1. The van der Waals surface area contributed by atoms with Gasteiger partial charge in [-0.3, -0.25) is 9.88 Å². The highest BCUT2D eigenvalue weighted by atomic mass is 16.3. The predicted octanol–water partition coefficient (Wildman–Crippen LogP) is 1.59. The van der Waals surface area contributed by atoms with Crippen LogP contribution < -0.4 is 0 Å². The zero-order valence-electron chi connectivity index (χ0n) is 9.99. The maximum atomic E-state index is 9.25. The zero-order valence-corrected chi connectivity index (χ0v) is 9.99. The molecule has 0 bridgehead atoms. The van der Waals surface area contributed by atoms with Crippen LogP contribution in [-0.4, -0.2) is 34.2 Å². The molecule has 0 unspecified atom stereocenters. The minimum atomic E-state index is -0.204. The van der Waals surface area contributed by atoms with E-state index in [2.05, 4.69) is 22.9 Å². The molecule has 0 aliphatic heterocycles. The summed E-state index contributed by atoms with van der Waals surface area (Å²) in [6.45, 7) is 7.01. The maximum Gasteiger partial charge on any atom is 0.0610 e. The Morgan fingerprint density at radius 1 is 1.47 bits per heavy atom. The third-order valence-corrected chi connectivity index (χ3v) is 2.93. The number of aromatic nitrogens is 1. The molecule has 1 heterocycles. The van der Waals surface area contributed by atoms with Gasteiger partial charge >= 0.3 is 0 Å². The normalized spacial score (nSPS) is 12.1. The molecule has 1 N–H and O–H groups in total. The van der Waals surface area contributed by atoms with Crippen molar-refractivity contribution in [2.24, 2.45) is 0 Å². The molecular weight excluding hydrogens is 188 g/mol. The summed E-state index contributed by atoms with van der Waals surface area (Å²) in [4.78, 5) is 6.46. The summed E-state index contributed by atoms with van der Waals surface area (Å²) >= 11 is 0. The second-order valence-electron chi connectivity index (χ2n) is 4.59. The van der Waals surface area contributed by atoms with E-state index < -0.39 is 0 Å². The number of nitrogens with zero attached hydrogens (tertiary/aromatic N) is 2. The minimum Gasteiger partial charge on any atom is -0.394 e. The minimum absolute atomic E-state index is 0.148. The van der Waals surface area contributed by atoms with Gasteiger partial charge in [0.25, 0.3) is 0 Å². The highest BCUT2D eigenvalue weighted by molar-refractivity contribution is 5.17. The van der Waals surface area contributed by atoms with Gasteiger partial charge in [-0.25, -0.2) is 0 Å². The van der Waals surface area contributed by atoms with Gasteiger partial charge in [-0.05, 0) is 39.4 Å². The Balaban J connectivity index is 2.75. The van der Waals surface area contributed by atoms with Gasteiger partial charge < -0.3 is 5.11 Å². The van der Waals surface area contributed by atoms with E-state index in [0.29, 0.717) is 0 Å². The van der Waals surface area contributed by atoms with Crippen molar-refractivity contribution in [3.05, 3.63) is 29.6 Å². The van der Waals surface area contributed by atoms with Crippen LogP contribution in [-0.2, 0) is 6.54 Å². The van der Waals surface area contributed by atoms with Crippen LogP contribution in [0.4, 0.5) is 0 Å². The molecule has 1 aromatic heterocycles. The van der Waals surface area contributed by atoms with E-state index in [1.165, 1.54) is 5.56 Å². The van der Waals surface area contributed by atoms with Crippen molar-refractivity contribution < 1.29 is 5.11 Å². The molecule has 0 aliphatic carbocycles. The van der Waals surface area contributed by atoms with Crippen LogP contribution in [0.15, 0.2) is 18.3 Å². The smallest absolute Gasteiger partial charge is 0.0610 e. The van der Waals surface area contributed by atoms with Gasteiger partial charge in [0, 0.05) is 18.3 Å². The lowest BCUT2D eigenvalue weighted by molar-refractivity contribution is 0.0723. The van der Waals surface area contributed by atoms with Crippen molar-refractivity contribution in [3.8, 4) is 0 Å². The fourth-order valence-corrected chi connectivity index (χ4v) is 1.24. The first kappa shape index (κ1) is 12.1. The highest BCUT2D eigenvalue weighted by Crippen LogP contribution is 2.15. The van der Waals surface area contributed by atoms with Crippen LogP contribution in [0.1, 0.15) is 25.1 Å². The molecule has 15 heavy (non-hydrogen) atoms. The molecular formula is C12H20N2O. The van der Waals surface area contributed by atoms with Gasteiger partial charge in [0.2, 0.25) is 0 Å². The van der Waals surface area contributed by atoms with E-state index in [9.17, 15) is 5.11 Å². The van der Waals surface area contributed by atoms with Crippen molar-refractivity contribution in [1.29, 1.82) is 0 Å². The molecule has 0 amide bonds. The first-order chi connectivity index (χ1) is 6.97. The average Bonchev–Trinajstić information content (AvgIpc) is 2.21. The number of pyridine rings is 1. The zero-order chi connectivity index (χ0) is 11.5. The van der Waals surface area contributed by atoms with Gasteiger partial charge in [-0.2, -0.15) is 0 Å². The first-order valence-corrected chi connectivity index (χ1v) is 5.20. The third-order valence-electron chi connectivity index (χ3n) is 2.93. The highest BCUT2D eigenvalue weighted by Gasteiger charge is 2.22. The average molecular weight is 208 g/mol. The topological polar surface area (TPSA) is 36.4 Å². The van der Waals surface area contributed by atoms with Crippen LogP contribution >= 0.6 is 0 Å². The predicted molar refractivity (Wildman–Crippen MR) is 61.6 cm³/mol. The van der Waals surface area contributed by atoms with E-state index in [0.717, 1.165) is 12.2 Å². The Morgan fingerprint density at radius 2 is 2.13 bits per heavy atom. The van der Waals surface area contributed by atoms with E-state index in [1.54, 1.807) is 0 Å². The molecule has 3 heteroatoms. The summed E-state index contributed by atoms with van der Waals surface area (Å²) < 4.78 is 0. The van der Waals surface area contributed by atoms with Crippen LogP contribution in [0.3, 0.4) is 0 Å². The molecule has 0 radical (unpaired) electrons. The molecule has 0 fully saturated rings. The monoisotopic (exact) mass is 208 g/mol. The van der Waals surface area contributed by atoms with Gasteiger partial charge in [0.1, 0.15) is 0 Å². The standard InChI is InChI=1S/C12H20N2O/c1-10-6-5-7-13-11(10)8-14(4)12(2,3)9-15/h5-7,15H,8-9H2,1-4H3. The van der Waals surface area contributed by atoms with Crippen LogP contribution in [0, 0.1) is 6.92 Å². The van der Waals surface area contributed by atoms with Gasteiger partial charge in [0.15, 0.2) is 0 Å². The van der Waals surface area contributed by atoms with Crippen molar-refractivity contribution in [2.75, 3.05) is 13.7 Å². The molecule has 0 saturated carbocycles. The number of aliphatic hydroxyl groups excluding tert-OH is 1. The number of aliphatic hydroxyl groups is 1. The van der Waals surface area contributed by atoms with Gasteiger partial charge in [-0.15, -0.1) is 0 Å². The Morgan fingerprint density at radius 3 is 2.67 bits per heavy atom. The summed E-state index contributed by atoms with van der Waals surface area (Å²) in [7, 11) is 2.00. The lowest BCUT2D eigenvalue weighted by Crippen LogP contribution is -2.43. The number of hydrogen-bond acceptors (Lipinski definition) is 3. The number of aryl methyl sites for hydroxylation is 1. The van der Waals surface area contributed by atoms with E-state index in [4.69, 9.17) is 0 Å². The van der Waals surface area contributed by atoms with Gasteiger partial charge in [-0.1, -0.05) is 6.07 Å². The van der Waals surface area contributed by atoms with Crippen molar-refractivity contribution in [2.45, 2.75) is 32.9 Å². The quantitative estimate of drug-likeness (QED) is 0.816. The summed E-state index contributed by atoms with van der Waals surface area (Å²) in [6, 6.07) is 4.00. The molecule has 0 aliphatic rings. The SMILES string of the molecule is Cc1cccnc1CN(C)C(C)(C)CO. The van der Waals surface area contributed by atoms with Crippen LogP contribution in [0.5, 0.6) is 0 Å². The molecule has 0 aromatic carbocycles. The molecule has 1 rings (SSSR count). The lowest BCUT2D eigenvalue weighted by Gasteiger charge is -2.33. The second kappa shape index (κ2) is 4.73. The number of hydrogen-bond donors (Lipinski definition) is 1. The summed E-state index contributed by atoms with van der Waals surface area (Å²) in [5, 5.41) is 9.25. The summed E-state index contributed by atoms with van der Waals surface area (Å²) in [5.74, 6) is 0. The molecule has 84 valence electrons. The fourth-order valence-electron chi connectivity index (χ4n) is 1.24. The van der Waals surface area contributed by atoms with Gasteiger partial charge in [0.05, 0.1) is 12.3 Å². The third kappa shape index (κ3) is 3.01. The Kier molecular flexibility index (Phi) is 3.83. The Labute approximate surface area is 91.8 Å². The van der Waals surface area contributed by atoms with Crippen molar-refractivity contribution in [1.82, 2.24) is 9.88 Å². The second-order valence-corrected chi connectivity index (χ2v) is 4.59. The number of rotatable bonds is 4. The molecule has 0 atom stereocenters. The van der Waals surface area contributed by atoms with Crippen LogP contribution in [0.25, 0.3) is 0 Å². The van der Waals surface area contributed by atoms with E-state index in [-0.39, 0.29) is 12.1 Å².